The van der Waals surface area contributed by atoms with Crippen molar-refractivity contribution < 1.29 is 13.6 Å². The number of nitrogens with zero attached hydrogens (tertiary/aromatic N) is 2. The number of rotatable bonds is 3. The third kappa shape index (κ3) is 2.58. The van der Waals surface area contributed by atoms with Crippen LogP contribution in [0.25, 0.3) is 5.69 Å². The molecule has 1 aliphatic heterocycles. The van der Waals surface area contributed by atoms with Crippen molar-refractivity contribution >= 4 is 5.91 Å². The van der Waals surface area contributed by atoms with Crippen LogP contribution in [0.3, 0.4) is 0 Å². The van der Waals surface area contributed by atoms with Crippen molar-refractivity contribution in [2.45, 2.75) is 25.8 Å². The Morgan fingerprint density at radius 3 is 2.15 bits per heavy atom. The lowest BCUT2D eigenvalue weighted by atomic mass is 9.95. The van der Waals surface area contributed by atoms with E-state index in [4.69, 9.17) is 0 Å². The van der Waals surface area contributed by atoms with E-state index < -0.39 is 0 Å². The fourth-order valence-corrected chi connectivity index (χ4v) is 3.32. The van der Waals surface area contributed by atoms with Gasteiger partial charge in [0.1, 0.15) is 17.3 Å². The van der Waals surface area contributed by atoms with E-state index in [9.17, 15) is 13.6 Å². The Morgan fingerprint density at radius 1 is 1.00 bits per heavy atom. The molecule has 1 atom stereocenters. The molecule has 6 heteroatoms. The van der Waals surface area contributed by atoms with Crippen molar-refractivity contribution in [1.82, 2.24) is 15.1 Å². The summed E-state index contributed by atoms with van der Waals surface area (Å²) in [4.78, 5) is 12.7. The second-order valence-corrected chi connectivity index (χ2v) is 6.65. The van der Waals surface area contributed by atoms with Gasteiger partial charge in [-0.2, -0.15) is 5.10 Å². The number of fused-ring (bicyclic) bond motifs is 1. The van der Waals surface area contributed by atoms with Crippen LogP contribution in [0.4, 0.5) is 8.78 Å². The van der Waals surface area contributed by atoms with Gasteiger partial charge in [0.05, 0.1) is 17.4 Å². The lowest BCUT2D eigenvalue weighted by molar-refractivity contribution is 0.0953. The van der Waals surface area contributed by atoms with E-state index in [1.165, 1.54) is 24.3 Å². The van der Waals surface area contributed by atoms with Crippen molar-refractivity contribution in [3.05, 3.63) is 82.7 Å². The highest BCUT2D eigenvalue weighted by Gasteiger charge is 2.38. The summed E-state index contributed by atoms with van der Waals surface area (Å²) < 4.78 is 28.1. The molecule has 0 aliphatic carbocycles. The maximum atomic E-state index is 13.3. The molecule has 0 radical (unpaired) electrons. The van der Waals surface area contributed by atoms with Crippen LogP contribution in [-0.4, -0.2) is 15.7 Å². The van der Waals surface area contributed by atoms with Gasteiger partial charge in [-0.3, -0.25) is 4.79 Å². The number of amides is 1. The average molecular weight is 353 g/mol. The van der Waals surface area contributed by atoms with Crippen LogP contribution in [0.15, 0.2) is 48.5 Å². The van der Waals surface area contributed by atoms with Crippen LogP contribution in [0, 0.1) is 11.6 Å². The Hall–Kier alpha value is -3.02. The van der Waals surface area contributed by atoms with Gasteiger partial charge in [0.2, 0.25) is 0 Å². The first-order valence-corrected chi connectivity index (χ1v) is 8.41. The summed E-state index contributed by atoms with van der Waals surface area (Å²) in [6.07, 6.45) is 0. The zero-order valence-corrected chi connectivity index (χ0v) is 14.3. The monoisotopic (exact) mass is 353 g/mol. The Labute approximate surface area is 149 Å². The van der Waals surface area contributed by atoms with Crippen molar-refractivity contribution in [2.24, 2.45) is 0 Å². The fraction of sp³-hybridized carbons (Fsp3) is 0.200. The molecule has 1 amide bonds. The number of carbonyl (C=O) groups is 1. The standard InChI is InChI=1S/C20H17F2N3O/c1-11(2)17-16-18(12-3-5-13(21)6-4-12)23-20(26)19(16)25(24-17)15-9-7-14(22)8-10-15/h3-11,18H,1-2H3,(H,23,26). The fourth-order valence-electron chi connectivity index (χ4n) is 3.32. The van der Waals surface area contributed by atoms with Gasteiger partial charge in [-0.05, 0) is 47.9 Å². The zero-order valence-electron chi connectivity index (χ0n) is 14.3. The summed E-state index contributed by atoms with van der Waals surface area (Å²) in [5, 5.41) is 7.59. The number of carbonyl (C=O) groups excluding carboxylic acids is 1. The largest absolute Gasteiger partial charge is 0.340 e. The van der Waals surface area contributed by atoms with Gasteiger partial charge < -0.3 is 5.32 Å². The molecule has 2 heterocycles. The Bertz CT molecular complexity index is 976. The van der Waals surface area contributed by atoms with E-state index in [1.54, 1.807) is 28.9 Å². The molecule has 1 N–H and O–H groups in total. The van der Waals surface area contributed by atoms with E-state index in [0.717, 1.165) is 16.8 Å². The number of halogens is 2. The molecule has 3 aromatic rings. The summed E-state index contributed by atoms with van der Waals surface area (Å²) in [7, 11) is 0. The quantitative estimate of drug-likeness (QED) is 0.770. The first-order valence-electron chi connectivity index (χ1n) is 8.41. The van der Waals surface area contributed by atoms with Crippen LogP contribution in [0.2, 0.25) is 0 Å². The normalized spacial score (nSPS) is 16.0. The zero-order chi connectivity index (χ0) is 18.4. The van der Waals surface area contributed by atoms with Crippen LogP contribution >= 0.6 is 0 Å². The third-order valence-corrected chi connectivity index (χ3v) is 4.55. The van der Waals surface area contributed by atoms with E-state index >= 15 is 0 Å². The summed E-state index contributed by atoms with van der Waals surface area (Å²) in [5.41, 5.74) is 3.43. The molecule has 1 unspecified atom stereocenters. The highest BCUT2D eigenvalue weighted by molar-refractivity contribution is 5.99. The van der Waals surface area contributed by atoms with Crippen LogP contribution < -0.4 is 5.32 Å². The highest BCUT2D eigenvalue weighted by atomic mass is 19.1. The number of nitrogens with one attached hydrogen (secondary N) is 1. The van der Waals surface area contributed by atoms with E-state index in [0.29, 0.717) is 11.4 Å². The third-order valence-electron chi connectivity index (χ3n) is 4.55. The van der Waals surface area contributed by atoms with Gasteiger partial charge in [-0.1, -0.05) is 26.0 Å². The van der Waals surface area contributed by atoms with Gasteiger partial charge >= 0.3 is 0 Å². The van der Waals surface area contributed by atoms with Crippen LogP contribution in [-0.2, 0) is 0 Å². The molecule has 0 fully saturated rings. The molecule has 0 saturated heterocycles. The predicted molar refractivity (Wildman–Crippen MR) is 93.3 cm³/mol. The predicted octanol–water partition coefficient (Wildman–Crippen LogP) is 4.11. The smallest absolute Gasteiger partial charge is 0.271 e. The van der Waals surface area contributed by atoms with Crippen molar-refractivity contribution in [3.63, 3.8) is 0 Å². The number of aromatic nitrogens is 2. The Kier molecular flexibility index (Phi) is 3.83. The molecule has 132 valence electrons. The Balaban J connectivity index is 1.90. The van der Waals surface area contributed by atoms with E-state index in [1.807, 2.05) is 13.8 Å². The van der Waals surface area contributed by atoms with Gasteiger partial charge in [0.25, 0.3) is 5.91 Å². The molecular formula is C20H17F2N3O. The number of hydrogen-bond acceptors (Lipinski definition) is 2. The van der Waals surface area contributed by atoms with E-state index in [-0.39, 0.29) is 29.5 Å². The lowest BCUT2D eigenvalue weighted by Crippen LogP contribution is -2.23. The molecule has 0 bridgehead atoms. The van der Waals surface area contributed by atoms with Crippen molar-refractivity contribution in [1.29, 1.82) is 0 Å². The molecule has 0 saturated carbocycles. The number of hydrogen-bond donors (Lipinski definition) is 1. The molecule has 2 aromatic carbocycles. The maximum absolute atomic E-state index is 13.3. The molecule has 26 heavy (non-hydrogen) atoms. The topological polar surface area (TPSA) is 46.9 Å². The highest BCUT2D eigenvalue weighted by Crippen LogP contribution is 2.37. The molecule has 4 nitrogen and oxygen atoms in total. The van der Waals surface area contributed by atoms with Gasteiger partial charge in [0, 0.05) is 5.56 Å². The molecule has 4 rings (SSSR count). The minimum absolute atomic E-state index is 0.0843. The molecule has 0 spiro atoms. The second kappa shape index (κ2) is 6.05. The summed E-state index contributed by atoms with van der Waals surface area (Å²) >= 11 is 0. The van der Waals surface area contributed by atoms with E-state index in [2.05, 4.69) is 10.4 Å². The minimum Gasteiger partial charge on any atom is -0.340 e. The summed E-state index contributed by atoms with van der Waals surface area (Å²) in [5.74, 6) is -0.848. The second-order valence-electron chi connectivity index (χ2n) is 6.65. The molecular weight excluding hydrogens is 336 g/mol. The van der Waals surface area contributed by atoms with Crippen molar-refractivity contribution in [2.75, 3.05) is 0 Å². The Morgan fingerprint density at radius 2 is 1.58 bits per heavy atom. The van der Waals surface area contributed by atoms with Gasteiger partial charge in [-0.15, -0.1) is 0 Å². The molecule has 1 aliphatic rings. The van der Waals surface area contributed by atoms with Gasteiger partial charge in [0.15, 0.2) is 0 Å². The lowest BCUT2D eigenvalue weighted by Gasteiger charge is -2.14. The van der Waals surface area contributed by atoms with Crippen molar-refractivity contribution in [3.8, 4) is 5.69 Å². The van der Waals surface area contributed by atoms with Crippen LogP contribution in [0.5, 0.6) is 0 Å². The first-order chi connectivity index (χ1) is 12.5. The van der Waals surface area contributed by atoms with Crippen LogP contribution in [0.1, 0.15) is 53.1 Å². The summed E-state index contributed by atoms with van der Waals surface area (Å²) in [6, 6.07) is 11.5. The van der Waals surface area contributed by atoms with Gasteiger partial charge in [-0.25, -0.2) is 13.5 Å². The average Bonchev–Trinajstić information content (AvgIpc) is 3.16. The number of benzene rings is 2. The maximum Gasteiger partial charge on any atom is 0.271 e. The minimum atomic E-state index is -0.385. The molecule has 1 aromatic heterocycles. The summed E-state index contributed by atoms with van der Waals surface area (Å²) in [6.45, 7) is 4.00. The SMILES string of the molecule is CC(C)c1nn(-c2ccc(F)cc2)c2c1C(c1ccc(F)cc1)NC2=O. The first kappa shape index (κ1) is 16.4.